The summed E-state index contributed by atoms with van der Waals surface area (Å²) in [5.41, 5.74) is 2.63. The van der Waals surface area contributed by atoms with Crippen molar-refractivity contribution in [3.63, 3.8) is 0 Å². The maximum atomic E-state index is 13.0. The minimum atomic E-state index is -0.302. The number of benzene rings is 3. The summed E-state index contributed by atoms with van der Waals surface area (Å²) in [4.78, 5) is 12.4. The van der Waals surface area contributed by atoms with Crippen LogP contribution < -0.4 is 10.1 Å². The van der Waals surface area contributed by atoms with Crippen LogP contribution >= 0.6 is 11.8 Å². The lowest BCUT2D eigenvalue weighted by Crippen LogP contribution is -2.24. The number of rotatable bonds is 9. The summed E-state index contributed by atoms with van der Waals surface area (Å²) in [5.74, 6) is 1.19. The van der Waals surface area contributed by atoms with Gasteiger partial charge in [-0.25, -0.2) is 4.39 Å². The normalized spacial score (nSPS) is 10.7. The molecule has 6 nitrogen and oxygen atoms in total. The largest absolute Gasteiger partial charge is 0.494 e. The fourth-order valence-corrected chi connectivity index (χ4v) is 3.99. The highest BCUT2D eigenvalue weighted by atomic mass is 32.2. The van der Waals surface area contributed by atoms with Gasteiger partial charge in [0.25, 0.3) is 0 Å². The van der Waals surface area contributed by atoms with E-state index in [-0.39, 0.29) is 17.5 Å². The van der Waals surface area contributed by atoms with Crippen molar-refractivity contribution in [1.29, 1.82) is 0 Å². The molecule has 0 bridgehead atoms. The molecule has 33 heavy (non-hydrogen) atoms. The van der Waals surface area contributed by atoms with Crippen LogP contribution in [0.25, 0.3) is 17.1 Å². The third-order valence-electron chi connectivity index (χ3n) is 4.81. The first-order valence-electron chi connectivity index (χ1n) is 10.5. The Balaban J connectivity index is 1.51. The van der Waals surface area contributed by atoms with Gasteiger partial charge in [0, 0.05) is 17.8 Å². The van der Waals surface area contributed by atoms with Crippen molar-refractivity contribution in [2.24, 2.45) is 0 Å². The topological polar surface area (TPSA) is 69.0 Å². The Bertz CT molecular complexity index is 1200. The van der Waals surface area contributed by atoms with Crippen LogP contribution in [-0.2, 0) is 11.3 Å². The number of amides is 1. The van der Waals surface area contributed by atoms with Gasteiger partial charge in [-0.05, 0) is 48.9 Å². The molecule has 4 aromatic rings. The van der Waals surface area contributed by atoms with Gasteiger partial charge in [0.15, 0.2) is 11.0 Å². The summed E-state index contributed by atoms with van der Waals surface area (Å²) in [5, 5.41) is 12.2. The first kappa shape index (κ1) is 22.5. The van der Waals surface area contributed by atoms with Gasteiger partial charge in [0.1, 0.15) is 11.6 Å². The molecule has 8 heteroatoms. The minimum absolute atomic E-state index is 0.146. The molecule has 4 rings (SSSR count). The maximum absolute atomic E-state index is 13.0. The second-order valence-corrected chi connectivity index (χ2v) is 8.07. The molecule has 3 aromatic carbocycles. The number of hydrogen-bond acceptors (Lipinski definition) is 5. The van der Waals surface area contributed by atoms with Gasteiger partial charge in [0.05, 0.1) is 12.4 Å². The van der Waals surface area contributed by atoms with Crippen molar-refractivity contribution in [2.45, 2.75) is 18.6 Å². The molecule has 0 unspecified atom stereocenters. The van der Waals surface area contributed by atoms with Crippen molar-refractivity contribution in [3.05, 3.63) is 90.2 Å². The van der Waals surface area contributed by atoms with Crippen molar-refractivity contribution < 1.29 is 13.9 Å². The summed E-state index contributed by atoms with van der Waals surface area (Å²) >= 11 is 1.30. The molecule has 1 N–H and O–H groups in total. The van der Waals surface area contributed by atoms with E-state index in [1.54, 1.807) is 12.1 Å². The van der Waals surface area contributed by atoms with Gasteiger partial charge in [-0.15, -0.1) is 10.2 Å². The van der Waals surface area contributed by atoms with Crippen LogP contribution in [0.2, 0.25) is 0 Å². The molecule has 0 fully saturated rings. The van der Waals surface area contributed by atoms with Gasteiger partial charge in [-0.2, -0.15) is 0 Å². The Morgan fingerprint density at radius 2 is 1.73 bits per heavy atom. The quantitative estimate of drug-likeness (QED) is 0.359. The molecule has 1 heterocycles. The number of hydrogen-bond donors (Lipinski definition) is 1. The van der Waals surface area contributed by atoms with E-state index >= 15 is 0 Å². The van der Waals surface area contributed by atoms with E-state index in [2.05, 4.69) is 15.5 Å². The number of carbonyl (C=O) groups is 1. The number of thioether (sulfide) groups is 1. The molecule has 0 radical (unpaired) electrons. The van der Waals surface area contributed by atoms with Gasteiger partial charge >= 0.3 is 0 Å². The molecule has 0 saturated carbocycles. The zero-order chi connectivity index (χ0) is 23.0. The van der Waals surface area contributed by atoms with E-state index in [4.69, 9.17) is 4.74 Å². The van der Waals surface area contributed by atoms with Gasteiger partial charge in [0.2, 0.25) is 5.91 Å². The molecule has 168 valence electrons. The van der Waals surface area contributed by atoms with Gasteiger partial charge < -0.3 is 10.1 Å². The Labute approximate surface area is 195 Å². The summed E-state index contributed by atoms with van der Waals surface area (Å²) in [6.45, 7) is 2.87. The monoisotopic (exact) mass is 462 g/mol. The van der Waals surface area contributed by atoms with Crippen LogP contribution in [0.4, 0.5) is 4.39 Å². The predicted molar refractivity (Wildman–Crippen MR) is 127 cm³/mol. The van der Waals surface area contributed by atoms with Crippen LogP contribution in [0.3, 0.4) is 0 Å². The van der Waals surface area contributed by atoms with E-state index in [1.807, 2.05) is 66.1 Å². The molecule has 0 saturated heterocycles. The number of aromatic nitrogens is 3. The van der Waals surface area contributed by atoms with E-state index < -0.39 is 0 Å². The predicted octanol–water partition coefficient (Wildman–Crippen LogP) is 4.88. The van der Waals surface area contributed by atoms with E-state index in [0.29, 0.717) is 24.1 Å². The number of ether oxygens (including phenoxy) is 1. The summed E-state index contributed by atoms with van der Waals surface area (Å²) in [7, 11) is 0. The SMILES string of the molecule is CCOc1ccc(-n2c(SCC(=O)NCc3ccc(F)cc3)nnc2-c2ccccc2)cc1. The second-order valence-electron chi connectivity index (χ2n) is 7.13. The van der Waals surface area contributed by atoms with Crippen molar-refractivity contribution in [3.8, 4) is 22.8 Å². The van der Waals surface area contributed by atoms with Gasteiger partial charge in [-0.3, -0.25) is 9.36 Å². The molecular weight excluding hydrogens is 439 g/mol. The fraction of sp³-hybridized carbons (Fsp3) is 0.160. The second kappa shape index (κ2) is 10.8. The lowest BCUT2D eigenvalue weighted by molar-refractivity contribution is -0.118. The van der Waals surface area contributed by atoms with Crippen molar-refractivity contribution >= 4 is 17.7 Å². The maximum Gasteiger partial charge on any atom is 0.230 e. The summed E-state index contributed by atoms with van der Waals surface area (Å²) < 4.78 is 20.5. The highest BCUT2D eigenvalue weighted by molar-refractivity contribution is 7.99. The molecule has 0 spiro atoms. The number of halogens is 1. The average molecular weight is 463 g/mol. The fourth-order valence-electron chi connectivity index (χ4n) is 3.21. The van der Waals surface area contributed by atoms with Crippen LogP contribution in [0.1, 0.15) is 12.5 Å². The Morgan fingerprint density at radius 1 is 1.00 bits per heavy atom. The smallest absolute Gasteiger partial charge is 0.230 e. The zero-order valence-corrected chi connectivity index (χ0v) is 18.9. The zero-order valence-electron chi connectivity index (χ0n) is 18.1. The molecule has 0 aliphatic carbocycles. The molecule has 1 aromatic heterocycles. The molecule has 0 aliphatic rings. The first-order chi connectivity index (χ1) is 16.1. The Kier molecular flexibility index (Phi) is 7.36. The highest BCUT2D eigenvalue weighted by Gasteiger charge is 2.17. The minimum Gasteiger partial charge on any atom is -0.494 e. The molecule has 0 aliphatic heterocycles. The van der Waals surface area contributed by atoms with Crippen LogP contribution in [0.15, 0.2) is 84.0 Å². The van der Waals surface area contributed by atoms with Crippen LogP contribution in [0, 0.1) is 5.82 Å². The lowest BCUT2D eigenvalue weighted by Gasteiger charge is -2.11. The molecule has 1 amide bonds. The molecular formula is C25H23FN4O2S. The average Bonchev–Trinajstić information content (AvgIpc) is 3.27. The van der Waals surface area contributed by atoms with Crippen LogP contribution in [-0.4, -0.2) is 33.0 Å². The third kappa shape index (κ3) is 5.78. The summed E-state index contributed by atoms with van der Waals surface area (Å²) in [6, 6.07) is 23.5. The molecule has 0 atom stereocenters. The van der Waals surface area contributed by atoms with E-state index in [9.17, 15) is 9.18 Å². The summed E-state index contributed by atoms with van der Waals surface area (Å²) in [6.07, 6.45) is 0. The number of nitrogens with zero attached hydrogens (tertiary/aromatic N) is 3. The third-order valence-corrected chi connectivity index (χ3v) is 5.74. The van der Waals surface area contributed by atoms with E-state index in [0.717, 1.165) is 22.6 Å². The standard InChI is InChI=1S/C25H23FN4O2S/c1-2-32-22-14-12-21(13-15-22)30-24(19-6-4-3-5-7-19)28-29-25(30)33-17-23(31)27-16-18-8-10-20(26)11-9-18/h3-15H,2,16-17H2,1H3,(H,27,31). The van der Waals surface area contributed by atoms with Crippen LogP contribution in [0.5, 0.6) is 5.75 Å². The van der Waals surface area contributed by atoms with Crippen molar-refractivity contribution in [2.75, 3.05) is 12.4 Å². The highest BCUT2D eigenvalue weighted by Crippen LogP contribution is 2.28. The Hall–Kier alpha value is -3.65. The first-order valence-corrected chi connectivity index (χ1v) is 11.5. The van der Waals surface area contributed by atoms with E-state index in [1.165, 1.54) is 23.9 Å². The van der Waals surface area contributed by atoms with Gasteiger partial charge in [-0.1, -0.05) is 54.2 Å². The number of nitrogens with one attached hydrogen (secondary N) is 1. The lowest BCUT2D eigenvalue weighted by atomic mass is 10.2. The number of carbonyl (C=O) groups excluding carboxylic acids is 1. The van der Waals surface area contributed by atoms with Crippen molar-refractivity contribution in [1.82, 2.24) is 20.1 Å². The Morgan fingerprint density at radius 3 is 2.42 bits per heavy atom.